The van der Waals surface area contributed by atoms with Crippen LogP contribution in [0.5, 0.6) is 0 Å². The Morgan fingerprint density at radius 1 is 0.958 bits per heavy atom. The van der Waals surface area contributed by atoms with Crippen LogP contribution in [0.25, 0.3) is 6.08 Å². The van der Waals surface area contributed by atoms with Gasteiger partial charge in [0.15, 0.2) is 0 Å². The van der Waals surface area contributed by atoms with E-state index < -0.39 is 0 Å². The predicted molar refractivity (Wildman–Crippen MR) is 101 cm³/mol. The molecule has 0 saturated carbocycles. The first kappa shape index (κ1) is 16.1. The van der Waals surface area contributed by atoms with Crippen molar-refractivity contribution in [2.75, 3.05) is 37.0 Å². The fourth-order valence-electron chi connectivity index (χ4n) is 3.05. The molecular weight excluding hydrogens is 294 g/mol. The van der Waals surface area contributed by atoms with Crippen molar-refractivity contribution in [2.24, 2.45) is 0 Å². The van der Waals surface area contributed by atoms with Gasteiger partial charge in [-0.15, -0.1) is 0 Å². The second-order valence-corrected chi connectivity index (χ2v) is 6.43. The van der Waals surface area contributed by atoms with Gasteiger partial charge in [0, 0.05) is 38.6 Å². The van der Waals surface area contributed by atoms with Crippen molar-refractivity contribution in [1.29, 1.82) is 5.26 Å². The van der Waals surface area contributed by atoms with Crippen LogP contribution in [0.15, 0.2) is 54.1 Å². The van der Waals surface area contributed by atoms with Crippen LogP contribution < -0.4 is 9.80 Å². The lowest BCUT2D eigenvalue weighted by molar-refractivity contribution is 0.689. The van der Waals surface area contributed by atoms with Crippen LogP contribution in [-0.4, -0.2) is 27.2 Å². The number of hydrogen-bond donors (Lipinski definition) is 0. The van der Waals surface area contributed by atoms with Crippen molar-refractivity contribution in [1.82, 2.24) is 0 Å². The largest absolute Gasteiger partial charge is 0.378 e. The SMILES string of the molecule is CN(C)c1ccc(N2CCC(=Cc3ccc(C#N)cc3)CC2)cc1. The Labute approximate surface area is 144 Å². The molecule has 1 fully saturated rings. The zero-order valence-electron chi connectivity index (χ0n) is 14.4. The Morgan fingerprint density at radius 2 is 1.58 bits per heavy atom. The molecule has 0 unspecified atom stereocenters. The summed E-state index contributed by atoms with van der Waals surface area (Å²) in [5.74, 6) is 0. The van der Waals surface area contributed by atoms with Crippen LogP contribution in [-0.2, 0) is 0 Å². The quantitative estimate of drug-likeness (QED) is 0.845. The monoisotopic (exact) mass is 317 g/mol. The van der Waals surface area contributed by atoms with Crippen molar-refractivity contribution in [2.45, 2.75) is 12.8 Å². The lowest BCUT2D eigenvalue weighted by Crippen LogP contribution is -2.30. The Morgan fingerprint density at radius 3 is 2.12 bits per heavy atom. The van der Waals surface area contributed by atoms with Crippen molar-refractivity contribution in [3.8, 4) is 6.07 Å². The summed E-state index contributed by atoms with van der Waals surface area (Å²) in [6.45, 7) is 2.12. The van der Waals surface area contributed by atoms with Crippen LogP contribution in [0, 0.1) is 11.3 Å². The zero-order chi connectivity index (χ0) is 16.9. The third kappa shape index (κ3) is 3.78. The van der Waals surface area contributed by atoms with E-state index >= 15 is 0 Å². The predicted octanol–water partition coefficient (Wildman–Crippen LogP) is 4.31. The van der Waals surface area contributed by atoms with Gasteiger partial charge in [0.25, 0.3) is 0 Å². The molecule has 2 aromatic rings. The number of anilines is 2. The molecular formula is C21H23N3. The van der Waals surface area contributed by atoms with Gasteiger partial charge in [-0.2, -0.15) is 5.26 Å². The van der Waals surface area contributed by atoms with E-state index in [2.05, 4.69) is 60.3 Å². The molecule has 0 spiro atoms. The van der Waals surface area contributed by atoms with E-state index in [0.717, 1.165) is 25.9 Å². The topological polar surface area (TPSA) is 30.3 Å². The third-order valence-electron chi connectivity index (χ3n) is 4.55. The molecule has 0 N–H and O–H groups in total. The van der Waals surface area contributed by atoms with E-state index in [1.807, 2.05) is 24.3 Å². The fraction of sp³-hybridized carbons (Fsp3) is 0.286. The summed E-state index contributed by atoms with van der Waals surface area (Å²) in [5.41, 5.74) is 5.93. The van der Waals surface area contributed by atoms with E-state index in [0.29, 0.717) is 5.56 Å². The molecule has 24 heavy (non-hydrogen) atoms. The summed E-state index contributed by atoms with van der Waals surface area (Å²) < 4.78 is 0. The Bertz CT molecular complexity index is 739. The minimum atomic E-state index is 0.716. The first-order valence-electron chi connectivity index (χ1n) is 8.37. The van der Waals surface area contributed by atoms with Gasteiger partial charge < -0.3 is 9.80 Å². The summed E-state index contributed by atoms with van der Waals surface area (Å²) in [6, 6.07) is 18.8. The molecule has 0 radical (unpaired) electrons. The van der Waals surface area contributed by atoms with Gasteiger partial charge >= 0.3 is 0 Å². The molecule has 122 valence electrons. The molecule has 1 saturated heterocycles. The maximum absolute atomic E-state index is 8.86. The number of benzene rings is 2. The highest BCUT2D eigenvalue weighted by atomic mass is 15.1. The van der Waals surface area contributed by atoms with Gasteiger partial charge in [-0.05, 0) is 54.8 Å². The van der Waals surface area contributed by atoms with Crippen LogP contribution in [0.4, 0.5) is 11.4 Å². The highest BCUT2D eigenvalue weighted by Gasteiger charge is 2.14. The molecule has 1 aliphatic rings. The second kappa shape index (κ2) is 7.23. The van der Waals surface area contributed by atoms with Gasteiger partial charge in [0.2, 0.25) is 0 Å². The van der Waals surface area contributed by atoms with Crippen LogP contribution >= 0.6 is 0 Å². The van der Waals surface area contributed by atoms with E-state index in [1.165, 1.54) is 22.5 Å². The van der Waals surface area contributed by atoms with Gasteiger partial charge in [0.05, 0.1) is 11.6 Å². The zero-order valence-corrected chi connectivity index (χ0v) is 14.4. The summed E-state index contributed by atoms with van der Waals surface area (Å²) >= 11 is 0. The molecule has 2 aromatic carbocycles. The smallest absolute Gasteiger partial charge is 0.0991 e. The average Bonchev–Trinajstić information content (AvgIpc) is 2.63. The van der Waals surface area contributed by atoms with Gasteiger partial charge in [-0.25, -0.2) is 0 Å². The Kier molecular flexibility index (Phi) is 4.86. The third-order valence-corrected chi connectivity index (χ3v) is 4.55. The Hall–Kier alpha value is -2.73. The van der Waals surface area contributed by atoms with E-state index in [9.17, 15) is 0 Å². The van der Waals surface area contributed by atoms with Gasteiger partial charge in [0.1, 0.15) is 0 Å². The molecule has 1 aliphatic heterocycles. The maximum Gasteiger partial charge on any atom is 0.0991 e. The molecule has 0 aromatic heterocycles. The molecule has 3 heteroatoms. The molecule has 0 bridgehead atoms. The van der Waals surface area contributed by atoms with Crippen LogP contribution in [0.2, 0.25) is 0 Å². The molecule has 3 rings (SSSR count). The highest BCUT2D eigenvalue weighted by molar-refractivity contribution is 5.58. The van der Waals surface area contributed by atoms with Crippen LogP contribution in [0.3, 0.4) is 0 Å². The van der Waals surface area contributed by atoms with Crippen LogP contribution in [0.1, 0.15) is 24.0 Å². The average molecular weight is 317 g/mol. The van der Waals surface area contributed by atoms with E-state index in [4.69, 9.17) is 5.26 Å². The van der Waals surface area contributed by atoms with Crippen molar-refractivity contribution < 1.29 is 0 Å². The first-order valence-corrected chi connectivity index (χ1v) is 8.37. The van der Waals surface area contributed by atoms with Crippen molar-refractivity contribution in [3.05, 3.63) is 65.2 Å². The Balaban J connectivity index is 1.62. The lowest BCUT2D eigenvalue weighted by atomic mass is 10.00. The molecule has 0 aliphatic carbocycles. The molecule has 3 nitrogen and oxygen atoms in total. The standard InChI is InChI=1S/C21H23N3/c1-23(2)20-7-9-21(10-8-20)24-13-11-18(12-14-24)15-17-3-5-19(16-22)6-4-17/h3-10,15H,11-14H2,1-2H3. The number of nitriles is 1. The normalized spacial score (nSPS) is 14.2. The first-order chi connectivity index (χ1) is 11.7. The number of rotatable bonds is 3. The van der Waals surface area contributed by atoms with E-state index in [-0.39, 0.29) is 0 Å². The minimum Gasteiger partial charge on any atom is -0.378 e. The second-order valence-electron chi connectivity index (χ2n) is 6.43. The van der Waals surface area contributed by atoms with Crippen molar-refractivity contribution in [3.63, 3.8) is 0 Å². The van der Waals surface area contributed by atoms with Gasteiger partial charge in [-0.1, -0.05) is 23.8 Å². The number of nitrogens with zero attached hydrogens (tertiary/aromatic N) is 3. The molecule has 0 atom stereocenters. The molecule has 1 heterocycles. The summed E-state index contributed by atoms with van der Waals surface area (Å²) in [4.78, 5) is 4.58. The van der Waals surface area contributed by atoms with Gasteiger partial charge in [-0.3, -0.25) is 0 Å². The summed E-state index contributed by atoms with van der Waals surface area (Å²) in [6.07, 6.45) is 4.46. The number of hydrogen-bond acceptors (Lipinski definition) is 3. The summed E-state index contributed by atoms with van der Waals surface area (Å²) in [7, 11) is 4.13. The fourth-order valence-corrected chi connectivity index (χ4v) is 3.05. The van der Waals surface area contributed by atoms with Crippen molar-refractivity contribution >= 4 is 17.5 Å². The lowest BCUT2D eigenvalue weighted by Gasteiger charge is -2.31. The maximum atomic E-state index is 8.86. The number of piperidine rings is 1. The van der Waals surface area contributed by atoms with E-state index in [1.54, 1.807) is 0 Å². The summed E-state index contributed by atoms with van der Waals surface area (Å²) in [5, 5.41) is 8.86. The highest BCUT2D eigenvalue weighted by Crippen LogP contribution is 2.26. The minimum absolute atomic E-state index is 0.716. The molecule has 0 amide bonds.